The Bertz CT molecular complexity index is 886. The summed E-state index contributed by atoms with van der Waals surface area (Å²) < 4.78 is 2.32. The van der Waals surface area contributed by atoms with Crippen molar-refractivity contribution in [3.8, 4) is 0 Å². The smallest absolute Gasteiger partial charge is 0.303 e. The van der Waals surface area contributed by atoms with Crippen LogP contribution in [0.25, 0.3) is 6.08 Å². The van der Waals surface area contributed by atoms with Crippen LogP contribution in [0, 0.1) is 13.8 Å². The van der Waals surface area contributed by atoms with Crippen LogP contribution in [-0.2, 0) is 14.1 Å². The Morgan fingerprint density at radius 3 is 2.41 bits per heavy atom. The number of hydrogen-bond acceptors (Lipinski definition) is 3. The highest BCUT2D eigenvalue weighted by Gasteiger charge is 2.06. The molecule has 0 aliphatic heterocycles. The van der Waals surface area contributed by atoms with Gasteiger partial charge in [-0.2, -0.15) is 0 Å². The first-order valence-electron chi connectivity index (χ1n) is 6.87. The van der Waals surface area contributed by atoms with E-state index >= 15 is 0 Å². The fourth-order valence-electron chi connectivity index (χ4n) is 2.11. The summed E-state index contributed by atoms with van der Waals surface area (Å²) in [5.41, 5.74) is 2.20. The van der Waals surface area contributed by atoms with Gasteiger partial charge in [-0.25, -0.2) is 4.79 Å². The van der Waals surface area contributed by atoms with E-state index in [0.717, 1.165) is 15.7 Å². The molecule has 0 aliphatic rings. The van der Waals surface area contributed by atoms with E-state index in [0.29, 0.717) is 11.1 Å². The van der Waals surface area contributed by atoms with Gasteiger partial charge in [-0.3, -0.25) is 14.2 Å². The first-order valence-corrected chi connectivity index (χ1v) is 6.87. The Kier molecular flexibility index (Phi) is 4.26. The summed E-state index contributed by atoms with van der Waals surface area (Å²) in [7, 11) is 2.97. The molecule has 1 heterocycles. The lowest BCUT2D eigenvalue weighted by Gasteiger charge is -2.04. The lowest BCUT2D eigenvalue weighted by molar-refractivity contribution is 0.104. The van der Waals surface area contributed by atoms with Gasteiger partial charge in [0.25, 0.3) is 5.56 Å². The zero-order valence-electron chi connectivity index (χ0n) is 13.1. The number of carbonyl (C=O) groups excluding carboxylic acids is 1. The number of aryl methyl sites for hydroxylation is 3. The minimum absolute atomic E-state index is 0.181. The van der Waals surface area contributed by atoms with Crippen molar-refractivity contribution < 1.29 is 4.79 Å². The van der Waals surface area contributed by atoms with Crippen LogP contribution >= 0.6 is 0 Å². The third kappa shape index (κ3) is 2.98. The van der Waals surface area contributed by atoms with E-state index in [4.69, 9.17) is 0 Å². The number of benzene rings is 1. The van der Waals surface area contributed by atoms with Gasteiger partial charge in [0.15, 0.2) is 5.78 Å². The second kappa shape index (κ2) is 5.97. The Morgan fingerprint density at radius 1 is 1.09 bits per heavy atom. The largest absolute Gasteiger partial charge is 0.330 e. The van der Waals surface area contributed by atoms with Gasteiger partial charge in [0.2, 0.25) is 0 Å². The van der Waals surface area contributed by atoms with Gasteiger partial charge < -0.3 is 4.57 Å². The fourth-order valence-corrected chi connectivity index (χ4v) is 2.11. The molecule has 2 aromatic rings. The molecule has 0 atom stereocenters. The summed E-state index contributed by atoms with van der Waals surface area (Å²) in [6, 6.07) is 5.47. The van der Waals surface area contributed by atoms with Crippen LogP contribution in [0.5, 0.6) is 0 Å². The third-order valence-electron chi connectivity index (χ3n) is 3.68. The minimum Gasteiger partial charge on any atom is -0.303 e. The molecule has 1 aromatic heterocycles. The van der Waals surface area contributed by atoms with Crippen molar-refractivity contribution in [3.63, 3.8) is 0 Å². The van der Waals surface area contributed by atoms with Crippen molar-refractivity contribution in [2.24, 2.45) is 14.1 Å². The molecule has 1 aromatic carbocycles. The third-order valence-corrected chi connectivity index (χ3v) is 3.68. The number of carbonyl (C=O) groups is 1. The summed E-state index contributed by atoms with van der Waals surface area (Å²) >= 11 is 0. The SMILES string of the molecule is Cc1ccc(C(=O)C=Cc2cn(C)c(=O)n(C)c2=O)cc1C. The zero-order chi connectivity index (χ0) is 16.4. The van der Waals surface area contributed by atoms with Crippen LogP contribution in [0.2, 0.25) is 0 Å². The van der Waals surface area contributed by atoms with Gasteiger partial charge in [0, 0.05) is 25.9 Å². The molecule has 0 fully saturated rings. The van der Waals surface area contributed by atoms with Crippen molar-refractivity contribution >= 4 is 11.9 Å². The predicted octanol–water partition coefficient (Wildman–Crippen LogP) is 1.60. The Morgan fingerprint density at radius 2 is 1.77 bits per heavy atom. The molecule has 2 rings (SSSR count). The van der Waals surface area contributed by atoms with Gasteiger partial charge >= 0.3 is 5.69 Å². The highest BCUT2D eigenvalue weighted by molar-refractivity contribution is 6.06. The Hall–Kier alpha value is -2.69. The summed E-state index contributed by atoms with van der Waals surface area (Å²) in [6.07, 6.45) is 4.22. The maximum absolute atomic E-state index is 12.2. The molecule has 0 N–H and O–H groups in total. The molecule has 0 saturated heterocycles. The van der Waals surface area contributed by atoms with E-state index in [9.17, 15) is 14.4 Å². The van der Waals surface area contributed by atoms with Crippen molar-refractivity contribution in [2.45, 2.75) is 13.8 Å². The normalized spacial score (nSPS) is 11.1. The average Bonchev–Trinajstić information content (AvgIpc) is 2.49. The molecule has 114 valence electrons. The van der Waals surface area contributed by atoms with Crippen LogP contribution in [0.15, 0.2) is 40.1 Å². The number of aromatic nitrogens is 2. The van der Waals surface area contributed by atoms with Gasteiger partial charge in [-0.05, 0) is 43.2 Å². The van der Waals surface area contributed by atoms with Crippen LogP contribution in [0.1, 0.15) is 27.0 Å². The van der Waals surface area contributed by atoms with Crippen molar-refractivity contribution in [1.82, 2.24) is 9.13 Å². The molecule has 22 heavy (non-hydrogen) atoms. The molecule has 0 bridgehead atoms. The second-order valence-electron chi connectivity index (χ2n) is 5.34. The summed E-state index contributed by atoms with van der Waals surface area (Å²) in [6.45, 7) is 3.92. The van der Waals surface area contributed by atoms with Gasteiger partial charge in [-0.15, -0.1) is 0 Å². The summed E-state index contributed by atoms with van der Waals surface area (Å²) in [5.74, 6) is -0.181. The van der Waals surface area contributed by atoms with E-state index in [1.165, 1.54) is 30.0 Å². The second-order valence-corrected chi connectivity index (χ2v) is 5.34. The molecule has 0 aliphatic carbocycles. The number of hydrogen-bond donors (Lipinski definition) is 0. The number of nitrogens with zero attached hydrogens (tertiary/aromatic N) is 2. The molecule has 5 heteroatoms. The molecule has 0 radical (unpaired) electrons. The lowest BCUT2D eigenvalue weighted by Crippen LogP contribution is -2.37. The van der Waals surface area contributed by atoms with Crippen molar-refractivity contribution in [2.75, 3.05) is 0 Å². The fraction of sp³-hybridized carbons (Fsp3) is 0.235. The summed E-state index contributed by atoms with van der Waals surface area (Å²) in [4.78, 5) is 35.7. The maximum Gasteiger partial charge on any atom is 0.330 e. The van der Waals surface area contributed by atoms with Crippen LogP contribution < -0.4 is 11.2 Å². The first kappa shape index (κ1) is 15.7. The monoisotopic (exact) mass is 298 g/mol. The topological polar surface area (TPSA) is 61.1 Å². The summed E-state index contributed by atoms with van der Waals surface area (Å²) in [5, 5.41) is 0. The lowest BCUT2D eigenvalue weighted by atomic mass is 10.0. The molecule has 0 saturated carbocycles. The van der Waals surface area contributed by atoms with Crippen molar-refractivity contribution in [1.29, 1.82) is 0 Å². The Labute approximate surface area is 128 Å². The molecular formula is C17H18N2O3. The van der Waals surface area contributed by atoms with Crippen LogP contribution in [-0.4, -0.2) is 14.9 Å². The molecule has 0 spiro atoms. The molecule has 0 amide bonds. The molecular weight excluding hydrogens is 280 g/mol. The molecule has 0 unspecified atom stereocenters. The van der Waals surface area contributed by atoms with Gasteiger partial charge in [0.1, 0.15) is 0 Å². The van der Waals surface area contributed by atoms with E-state index < -0.39 is 11.2 Å². The highest BCUT2D eigenvalue weighted by Crippen LogP contribution is 2.11. The quantitative estimate of drug-likeness (QED) is 0.639. The standard InChI is InChI=1S/C17H18N2O3/c1-11-5-6-13(9-12(11)2)15(20)8-7-14-10-18(3)17(22)19(4)16(14)21/h5-10H,1-4H3. The van der Waals surface area contributed by atoms with Crippen LogP contribution in [0.4, 0.5) is 0 Å². The number of allylic oxidation sites excluding steroid dienone is 1. The number of rotatable bonds is 3. The van der Waals surface area contributed by atoms with E-state index in [1.54, 1.807) is 13.1 Å². The van der Waals surface area contributed by atoms with Crippen molar-refractivity contribution in [3.05, 3.63) is 73.6 Å². The van der Waals surface area contributed by atoms with Crippen LogP contribution in [0.3, 0.4) is 0 Å². The minimum atomic E-state index is -0.424. The van der Waals surface area contributed by atoms with E-state index in [2.05, 4.69) is 0 Å². The first-order chi connectivity index (χ1) is 10.3. The van der Waals surface area contributed by atoms with Gasteiger partial charge in [0.05, 0.1) is 5.56 Å². The highest BCUT2D eigenvalue weighted by atomic mass is 16.2. The predicted molar refractivity (Wildman–Crippen MR) is 86.2 cm³/mol. The molecule has 5 nitrogen and oxygen atoms in total. The Balaban J connectivity index is 2.36. The maximum atomic E-state index is 12.2. The average molecular weight is 298 g/mol. The van der Waals surface area contributed by atoms with E-state index in [-0.39, 0.29) is 5.78 Å². The van der Waals surface area contributed by atoms with Gasteiger partial charge in [-0.1, -0.05) is 12.1 Å². The zero-order valence-corrected chi connectivity index (χ0v) is 13.1. The number of ketones is 1. The van der Waals surface area contributed by atoms with E-state index in [1.807, 2.05) is 26.0 Å².